The van der Waals surface area contributed by atoms with Crippen LogP contribution >= 0.6 is 0 Å². The van der Waals surface area contributed by atoms with Crippen molar-refractivity contribution in [3.63, 3.8) is 0 Å². The number of carbonyl (C=O) groups is 2. The molecule has 0 spiro atoms. The predicted octanol–water partition coefficient (Wildman–Crippen LogP) is 2.81. The highest BCUT2D eigenvalue weighted by molar-refractivity contribution is 5.81. The molecule has 27 heavy (non-hydrogen) atoms. The summed E-state index contributed by atoms with van der Waals surface area (Å²) in [6, 6.07) is 6.84. The van der Waals surface area contributed by atoms with Crippen LogP contribution in [-0.4, -0.2) is 48.9 Å². The molecule has 2 heterocycles. The minimum atomic E-state index is -0.216. The van der Waals surface area contributed by atoms with E-state index in [0.29, 0.717) is 38.2 Å². The molecule has 2 amide bonds. The van der Waals surface area contributed by atoms with Gasteiger partial charge >= 0.3 is 0 Å². The molecule has 1 aromatic rings. The molecule has 1 aromatic carbocycles. The number of nitrogens with zero attached hydrogens (tertiary/aromatic N) is 2. The summed E-state index contributed by atoms with van der Waals surface area (Å²) in [6.07, 6.45) is 3.28. The zero-order chi connectivity index (χ0) is 19.4. The fraction of sp³-hybridized carbons (Fsp3) is 0.619. The number of piperidine rings is 2. The summed E-state index contributed by atoms with van der Waals surface area (Å²) in [5.74, 6) is -0.00704. The number of carbonyl (C=O) groups excluding carboxylic acids is 2. The summed E-state index contributed by atoms with van der Waals surface area (Å²) in [5, 5.41) is 3.17. The largest absolute Gasteiger partial charge is 0.367 e. The number of benzene rings is 1. The predicted molar refractivity (Wildman–Crippen MR) is 104 cm³/mol. The van der Waals surface area contributed by atoms with Gasteiger partial charge < -0.3 is 15.1 Å². The minimum absolute atomic E-state index is 0.00183. The highest BCUT2D eigenvalue weighted by Crippen LogP contribution is 2.24. The van der Waals surface area contributed by atoms with Crippen LogP contribution < -0.4 is 10.2 Å². The van der Waals surface area contributed by atoms with Gasteiger partial charge in [0, 0.05) is 44.1 Å². The summed E-state index contributed by atoms with van der Waals surface area (Å²) >= 11 is 0. The van der Waals surface area contributed by atoms with Gasteiger partial charge in [-0.25, -0.2) is 4.39 Å². The Hall–Kier alpha value is -2.11. The van der Waals surface area contributed by atoms with E-state index in [9.17, 15) is 14.0 Å². The van der Waals surface area contributed by atoms with Gasteiger partial charge in [-0.3, -0.25) is 9.59 Å². The smallest absolute Gasteiger partial charge is 0.225 e. The fourth-order valence-corrected chi connectivity index (χ4v) is 4.07. The molecule has 2 saturated heterocycles. The number of hydrogen-bond acceptors (Lipinski definition) is 3. The maximum atomic E-state index is 14.1. The zero-order valence-electron chi connectivity index (χ0n) is 16.3. The van der Waals surface area contributed by atoms with Gasteiger partial charge in [0.05, 0.1) is 5.69 Å². The first kappa shape index (κ1) is 19.6. The molecule has 148 valence electrons. The molecule has 5 nitrogen and oxygen atoms in total. The molecular formula is C21H30FN3O2. The van der Waals surface area contributed by atoms with Crippen molar-refractivity contribution >= 4 is 17.5 Å². The Morgan fingerprint density at radius 1 is 1.11 bits per heavy atom. The number of rotatable bonds is 4. The number of amides is 2. The molecule has 0 aliphatic carbocycles. The summed E-state index contributed by atoms with van der Waals surface area (Å²) in [4.78, 5) is 28.7. The normalized spacial score (nSPS) is 21.4. The molecule has 1 N–H and O–H groups in total. The molecule has 0 bridgehead atoms. The van der Waals surface area contributed by atoms with Crippen molar-refractivity contribution in [3.05, 3.63) is 30.1 Å². The summed E-state index contributed by atoms with van der Waals surface area (Å²) in [7, 11) is 0. The topological polar surface area (TPSA) is 52.7 Å². The molecular weight excluding hydrogens is 345 g/mol. The van der Waals surface area contributed by atoms with Crippen molar-refractivity contribution in [2.45, 2.75) is 45.6 Å². The van der Waals surface area contributed by atoms with Crippen LogP contribution in [0.3, 0.4) is 0 Å². The summed E-state index contributed by atoms with van der Waals surface area (Å²) in [6.45, 7) is 6.57. The van der Waals surface area contributed by atoms with Crippen LogP contribution in [0.1, 0.15) is 39.5 Å². The molecule has 0 radical (unpaired) electrons. The van der Waals surface area contributed by atoms with E-state index in [1.54, 1.807) is 12.1 Å². The van der Waals surface area contributed by atoms with Crippen LogP contribution in [-0.2, 0) is 9.59 Å². The zero-order valence-corrected chi connectivity index (χ0v) is 16.3. The number of nitrogens with one attached hydrogen (secondary N) is 1. The molecule has 1 atom stereocenters. The summed E-state index contributed by atoms with van der Waals surface area (Å²) in [5.41, 5.74) is 0.608. The molecule has 0 saturated carbocycles. The van der Waals surface area contributed by atoms with Gasteiger partial charge in [-0.2, -0.15) is 0 Å². The van der Waals surface area contributed by atoms with Crippen LogP contribution in [0, 0.1) is 17.7 Å². The SMILES string of the molecule is CC(C)C(=O)N1CCC(C(=O)NC2CCCN(c3ccccc3F)C2)CC1. The molecule has 3 rings (SSSR count). The van der Waals surface area contributed by atoms with E-state index in [-0.39, 0.29) is 35.5 Å². The van der Waals surface area contributed by atoms with E-state index in [0.717, 1.165) is 19.4 Å². The van der Waals surface area contributed by atoms with Crippen molar-refractivity contribution in [2.24, 2.45) is 11.8 Å². The van der Waals surface area contributed by atoms with Crippen LogP contribution in [0.5, 0.6) is 0 Å². The third-order valence-corrected chi connectivity index (χ3v) is 5.63. The average Bonchev–Trinajstić information content (AvgIpc) is 2.68. The quantitative estimate of drug-likeness (QED) is 0.880. The van der Waals surface area contributed by atoms with Gasteiger partial charge in [0.25, 0.3) is 0 Å². The molecule has 6 heteroatoms. The molecule has 2 aliphatic heterocycles. The second-order valence-electron chi connectivity index (χ2n) is 8.00. The van der Waals surface area contributed by atoms with Crippen molar-refractivity contribution in [2.75, 3.05) is 31.1 Å². The third-order valence-electron chi connectivity index (χ3n) is 5.63. The Bertz CT molecular complexity index is 671. The first-order valence-corrected chi connectivity index (χ1v) is 10.0. The van der Waals surface area contributed by atoms with Crippen LogP contribution in [0.25, 0.3) is 0 Å². The molecule has 1 unspecified atom stereocenters. The van der Waals surface area contributed by atoms with E-state index in [2.05, 4.69) is 5.32 Å². The Morgan fingerprint density at radius 3 is 2.48 bits per heavy atom. The van der Waals surface area contributed by atoms with Crippen LogP contribution in [0.2, 0.25) is 0 Å². The van der Waals surface area contributed by atoms with E-state index >= 15 is 0 Å². The van der Waals surface area contributed by atoms with Gasteiger partial charge in [0.2, 0.25) is 11.8 Å². The number of hydrogen-bond donors (Lipinski definition) is 1. The Morgan fingerprint density at radius 2 is 1.81 bits per heavy atom. The first-order valence-electron chi connectivity index (χ1n) is 10.0. The van der Waals surface area contributed by atoms with Crippen molar-refractivity contribution in [1.82, 2.24) is 10.2 Å². The van der Waals surface area contributed by atoms with E-state index in [1.165, 1.54) is 6.07 Å². The Kier molecular flexibility index (Phi) is 6.34. The fourth-order valence-electron chi connectivity index (χ4n) is 4.07. The standard InChI is InChI=1S/C21H30FN3O2/c1-15(2)21(27)24-12-9-16(10-13-24)20(26)23-17-6-5-11-25(14-17)19-8-4-3-7-18(19)22/h3-4,7-8,15-17H,5-6,9-14H2,1-2H3,(H,23,26). The van der Waals surface area contributed by atoms with Gasteiger partial charge in [-0.15, -0.1) is 0 Å². The molecule has 0 aromatic heterocycles. The van der Waals surface area contributed by atoms with Gasteiger partial charge in [0.1, 0.15) is 5.82 Å². The van der Waals surface area contributed by atoms with E-state index in [4.69, 9.17) is 0 Å². The highest BCUT2D eigenvalue weighted by Gasteiger charge is 2.30. The summed E-state index contributed by atoms with van der Waals surface area (Å²) < 4.78 is 14.1. The second-order valence-corrected chi connectivity index (χ2v) is 8.00. The lowest BCUT2D eigenvalue weighted by Gasteiger charge is -2.37. The van der Waals surface area contributed by atoms with Gasteiger partial charge in [-0.1, -0.05) is 26.0 Å². The Labute approximate surface area is 160 Å². The molecule has 2 fully saturated rings. The lowest BCUT2D eigenvalue weighted by molar-refractivity contribution is -0.138. The highest BCUT2D eigenvalue weighted by atomic mass is 19.1. The average molecular weight is 375 g/mol. The Balaban J connectivity index is 1.51. The third kappa shape index (κ3) is 4.79. The minimum Gasteiger partial charge on any atom is -0.367 e. The second kappa shape index (κ2) is 8.72. The lowest BCUT2D eigenvalue weighted by atomic mass is 9.94. The monoisotopic (exact) mass is 375 g/mol. The molecule has 2 aliphatic rings. The number of anilines is 1. The van der Waals surface area contributed by atoms with Crippen molar-refractivity contribution in [1.29, 1.82) is 0 Å². The van der Waals surface area contributed by atoms with E-state index < -0.39 is 0 Å². The maximum absolute atomic E-state index is 14.1. The van der Waals surface area contributed by atoms with Crippen LogP contribution in [0.4, 0.5) is 10.1 Å². The number of halogens is 1. The van der Waals surface area contributed by atoms with Gasteiger partial charge in [-0.05, 0) is 37.8 Å². The lowest BCUT2D eigenvalue weighted by Crippen LogP contribution is -2.51. The van der Waals surface area contributed by atoms with Gasteiger partial charge in [0.15, 0.2) is 0 Å². The first-order chi connectivity index (χ1) is 13.0. The number of para-hydroxylation sites is 1. The van der Waals surface area contributed by atoms with Crippen LogP contribution in [0.15, 0.2) is 24.3 Å². The van der Waals surface area contributed by atoms with Crippen molar-refractivity contribution in [3.8, 4) is 0 Å². The maximum Gasteiger partial charge on any atom is 0.225 e. The van der Waals surface area contributed by atoms with E-state index in [1.807, 2.05) is 29.7 Å². The van der Waals surface area contributed by atoms with Crippen molar-refractivity contribution < 1.29 is 14.0 Å². The number of likely N-dealkylation sites (tertiary alicyclic amines) is 1.